The first-order valence-corrected chi connectivity index (χ1v) is 7.36. The van der Waals surface area contributed by atoms with Crippen LogP contribution >= 0.6 is 0 Å². The van der Waals surface area contributed by atoms with Gasteiger partial charge in [0.15, 0.2) is 6.29 Å². The second-order valence-corrected chi connectivity index (χ2v) is 6.98. The van der Waals surface area contributed by atoms with Gasteiger partial charge in [-0.1, -0.05) is 27.7 Å². The number of aliphatic hydroxyl groups excluding tert-OH is 1. The van der Waals surface area contributed by atoms with Gasteiger partial charge in [-0.15, -0.1) is 0 Å². The number of rotatable bonds is 5. The molecule has 3 fully saturated rings. The molecule has 7 atom stereocenters. The lowest BCUT2D eigenvalue weighted by atomic mass is 10.0. The average Bonchev–Trinajstić information content (AvgIpc) is 3.08. The maximum absolute atomic E-state index is 9.95. The van der Waals surface area contributed by atoms with E-state index in [2.05, 4.69) is 37.9 Å². The van der Waals surface area contributed by atoms with Crippen LogP contribution in [0.4, 0.5) is 0 Å². The molecule has 0 aromatic heterocycles. The molecular weight excluding hydrogens is 228 g/mol. The summed E-state index contributed by atoms with van der Waals surface area (Å²) in [5, 5.41) is 13.5. The van der Waals surface area contributed by atoms with Crippen molar-refractivity contribution in [2.75, 3.05) is 0 Å². The fourth-order valence-electron chi connectivity index (χ4n) is 3.52. The van der Waals surface area contributed by atoms with Crippen molar-refractivity contribution in [1.29, 1.82) is 0 Å². The van der Waals surface area contributed by atoms with Gasteiger partial charge in [-0.3, -0.25) is 4.90 Å². The molecular formula is C14H26N2O2. The molecule has 3 heterocycles. The van der Waals surface area contributed by atoms with Crippen LogP contribution in [0.15, 0.2) is 0 Å². The van der Waals surface area contributed by atoms with Gasteiger partial charge in [0.25, 0.3) is 0 Å². The maximum Gasteiger partial charge on any atom is 0.173 e. The van der Waals surface area contributed by atoms with Crippen LogP contribution in [0.1, 0.15) is 40.5 Å². The van der Waals surface area contributed by atoms with E-state index in [1.807, 2.05) is 0 Å². The lowest BCUT2D eigenvalue weighted by molar-refractivity contribution is -0.118. The van der Waals surface area contributed by atoms with E-state index in [0.717, 1.165) is 5.92 Å². The van der Waals surface area contributed by atoms with Gasteiger partial charge in [0.2, 0.25) is 0 Å². The van der Waals surface area contributed by atoms with Gasteiger partial charge in [-0.2, -0.15) is 0 Å². The van der Waals surface area contributed by atoms with Crippen LogP contribution < -0.4 is 5.32 Å². The number of ether oxygens (including phenoxy) is 1. The van der Waals surface area contributed by atoms with E-state index in [9.17, 15) is 5.11 Å². The lowest BCUT2D eigenvalue weighted by Crippen LogP contribution is -2.32. The minimum absolute atomic E-state index is 0.109. The Kier molecular flexibility index (Phi) is 3.17. The molecule has 1 unspecified atom stereocenters. The largest absolute Gasteiger partial charge is 0.366 e. The van der Waals surface area contributed by atoms with Crippen LogP contribution in [-0.2, 0) is 4.74 Å². The Bertz CT molecular complexity index is 321. The predicted octanol–water partition coefficient (Wildman–Crippen LogP) is 1.15. The third kappa shape index (κ3) is 2.20. The summed E-state index contributed by atoms with van der Waals surface area (Å²) >= 11 is 0. The molecule has 0 aromatic carbocycles. The van der Waals surface area contributed by atoms with Crippen molar-refractivity contribution in [3.8, 4) is 0 Å². The number of hydrogen-bond acceptors (Lipinski definition) is 4. The number of nitrogens with one attached hydrogen (secondary N) is 1. The van der Waals surface area contributed by atoms with E-state index in [4.69, 9.17) is 4.74 Å². The first kappa shape index (κ1) is 12.9. The van der Waals surface area contributed by atoms with E-state index in [0.29, 0.717) is 24.0 Å². The van der Waals surface area contributed by atoms with Gasteiger partial charge in [-0.05, 0) is 24.7 Å². The van der Waals surface area contributed by atoms with Crippen LogP contribution in [-0.4, -0.2) is 46.7 Å². The SMILES string of the molecule is CC(C)C[C@H]1N[C@@H]1[C@H]1O[C@@H](O)[C@@H]2[C@H](CC(C)C)N21. The zero-order chi connectivity index (χ0) is 13.0. The Labute approximate surface area is 110 Å². The van der Waals surface area contributed by atoms with Crippen molar-refractivity contribution in [3.05, 3.63) is 0 Å². The highest BCUT2D eigenvalue weighted by Crippen LogP contribution is 2.47. The highest BCUT2D eigenvalue weighted by molar-refractivity contribution is 5.16. The van der Waals surface area contributed by atoms with E-state index >= 15 is 0 Å². The van der Waals surface area contributed by atoms with Crippen molar-refractivity contribution in [2.24, 2.45) is 11.8 Å². The van der Waals surface area contributed by atoms with E-state index < -0.39 is 6.29 Å². The quantitative estimate of drug-likeness (QED) is 0.723. The minimum atomic E-state index is -0.569. The van der Waals surface area contributed by atoms with Gasteiger partial charge in [-0.25, -0.2) is 0 Å². The smallest absolute Gasteiger partial charge is 0.173 e. The molecule has 0 aliphatic carbocycles. The molecule has 3 aliphatic heterocycles. The highest BCUT2D eigenvalue weighted by Gasteiger charge is 2.66. The fourth-order valence-corrected chi connectivity index (χ4v) is 3.52. The van der Waals surface area contributed by atoms with Gasteiger partial charge < -0.3 is 15.2 Å². The summed E-state index contributed by atoms with van der Waals surface area (Å²) in [4.78, 5) is 2.38. The summed E-state index contributed by atoms with van der Waals surface area (Å²) in [6, 6.07) is 1.82. The van der Waals surface area contributed by atoms with Crippen molar-refractivity contribution >= 4 is 0 Å². The molecule has 0 aromatic rings. The number of hydrogen-bond donors (Lipinski definition) is 2. The third-order valence-electron chi connectivity index (χ3n) is 4.37. The molecule has 3 rings (SSSR count). The van der Waals surface area contributed by atoms with Crippen LogP contribution in [0.2, 0.25) is 0 Å². The average molecular weight is 254 g/mol. The Morgan fingerprint density at radius 2 is 1.83 bits per heavy atom. The molecule has 4 heteroatoms. The topological polar surface area (TPSA) is 54.4 Å². The number of nitrogens with zero attached hydrogens (tertiary/aromatic N) is 1. The van der Waals surface area contributed by atoms with Crippen LogP contribution in [0.3, 0.4) is 0 Å². The number of fused-ring (bicyclic) bond motifs is 1. The molecule has 2 N–H and O–H groups in total. The first-order chi connectivity index (χ1) is 8.49. The van der Waals surface area contributed by atoms with Crippen molar-refractivity contribution < 1.29 is 9.84 Å². The molecule has 0 saturated carbocycles. The normalized spacial score (nSPS) is 49.8. The second kappa shape index (κ2) is 4.44. The van der Waals surface area contributed by atoms with E-state index in [1.54, 1.807) is 0 Å². The molecule has 0 spiro atoms. The summed E-state index contributed by atoms with van der Waals surface area (Å²) in [7, 11) is 0. The molecule has 4 nitrogen and oxygen atoms in total. The summed E-state index contributed by atoms with van der Waals surface area (Å²) in [6.45, 7) is 9.00. The van der Waals surface area contributed by atoms with E-state index in [-0.39, 0.29) is 12.3 Å². The summed E-state index contributed by atoms with van der Waals surface area (Å²) in [5.74, 6) is 1.40. The summed E-state index contributed by atoms with van der Waals surface area (Å²) in [6.07, 6.45) is 1.91. The van der Waals surface area contributed by atoms with Crippen LogP contribution in [0, 0.1) is 11.8 Å². The summed E-state index contributed by atoms with van der Waals surface area (Å²) in [5.41, 5.74) is 0. The van der Waals surface area contributed by atoms with Gasteiger partial charge in [0.1, 0.15) is 6.23 Å². The molecule has 3 aliphatic rings. The molecule has 3 saturated heterocycles. The van der Waals surface area contributed by atoms with E-state index in [1.165, 1.54) is 12.8 Å². The minimum Gasteiger partial charge on any atom is -0.366 e. The Morgan fingerprint density at radius 1 is 1.17 bits per heavy atom. The van der Waals surface area contributed by atoms with Gasteiger partial charge in [0, 0.05) is 12.1 Å². The molecule has 0 amide bonds. The molecule has 104 valence electrons. The van der Waals surface area contributed by atoms with Crippen molar-refractivity contribution in [2.45, 2.75) is 77.2 Å². The van der Waals surface area contributed by atoms with Crippen molar-refractivity contribution in [3.63, 3.8) is 0 Å². The standard InChI is InChI=1S/C14H26N2O2/c1-7(2)5-9-11(15-9)13-16-10(6-8(3)4)12(16)14(17)18-13/h7-15,17H,5-6H2,1-4H3/t9-,10+,11+,12+,13-,14-,16?/m1/s1. The van der Waals surface area contributed by atoms with Crippen molar-refractivity contribution in [1.82, 2.24) is 10.2 Å². The molecule has 18 heavy (non-hydrogen) atoms. The first-order valence-electron chi connectivity index (χ1n) is 7.36. The Balaban J connectivity index is 1.56. The molecule has 0 radical (unpaired) electrons. The van der Waals surface area contributed by atoms with Gasteiger partial charge >= 0.3 is 0 Å². The zero-order valence-electron chi connectivity index (χ0n) is 11.8. The van der Waals surface area contributed by atoms with Gasteiger partial charge in [0.05, 0.1) is 12.1 Å². The van der Waals surface area contributed by atoms with Crippen LogP contribution in [0.5, 0.6) is 0 Å². The third-order valence-corrected chi connectivity index (χ3v) is 4.37. The number of aliphatic hydroxyl groups is 1. The monoisotopic (exact) mass is 254 g/mol. The lowest BCUT2D eigenvalue weighted by Gasteiger charge is -2.18. The summed E-state index contributed by atoms with van der Waals surface area (Å²) < 4.78 is 5.69. The maximum atomic E-state index is 9.95. The Hall–Kier alpha value is -0.160. The Morgan fingerprint density at radius 3 is 2.44 bits per heavy atom. The van der Waals surface area contributed by atoms with Crippen LogP contribution in [0.25, 0.3) is 0 Å². The second-order valence-electron chi connectivity index (χ2n) is 6.98. The fraction of sp³-hybridized carbons (Fsp3) is 1.00. The molecule has 0 bridgehead atoms. The highest BCUT2D eigenvalue weighted by atomic mass is 16.6. The predicted molar refractivity (Wildman–Crippen MR) is 69.9 cm³/mol. The zero-order valence-corrected chi connectivity index (χ0v) is 11.8.